The van der Waals surface area contributed by atoms with E-state index in [4.69, 9.17) is 0 Å². The molecule has 0 heterocycles. The van der Waals surface area contributed by atoms with Gasteiger partial charge in [0.15, 0.2) is 5.96 Å². The van der Waals surface area contributed by atoms with Gasteiger partial charge in [0, 0.05) is 44.9 Å². The first-order valence-electron chi connectivity index (χ1n) is 8.88. The van der Waals surface area contributed by atoms with Crippen molar-refractivity contribution in [3.63, 3.8) is 0 Å². The third-order valence-corrected chi connectivity index (χ3v) is 4.83. The summed E-state index contributed by atoms with van der Waals surface area (Å²) in [4.78, 5) is 30.8. The number of thioether (sulfide) groups is 1. The van der Waals surface area contributed by atoms with Crippen LogP contribution in [0.4, 0.5) is 0 Å². The van der Waals surface area contributed by atoms with Gasteiger partial charge in [-0.3, -0.25) is 9.59 Å². The molecular formula is C19H32IN5O2S. The molecule has 0 fully saturated rings. The van der Waals surface area contributed by atoms with Crippen molar-refractivity contribution in [1.82, 2.24) is 20.9 Å². The molecular weight excluding hydrogens is 489 g/mol. The van der Waals surface area contributed by atoms with Crippen LogP contribution in [0.15, 0.2) is 40.2 Å². The van der Waals surface area contributed by atoms with E-state index in [1.165, 1.54) is 9.80 Å². The number of likely N-dealkylation sites (N-methyl/N-ethyl adjacent to an activating group) is 1. The van der Waals surface area contributed by atoms with Crippen LogP contribution in [0.25, 0.3) is 0 Å². The minimum absolute atomic E-state index is 0. The molecule has 0 spiro atoms. The van der Waals surface area contributed by atoms with Gasteiger partial charge in [-0.1, -0.05) is 18.2 Å². The predicted molar refractivity (Wildman–Crippen MR) is 127 cm³/mol. The molecule has 0 aliphatic heterocycles. The summed E-state index contributed by atoms with van der Waals surface area (Å²) in [5.74, 6) is 1.24. The average molecular weight is 521 g/mol. The Morgan fingerprint density at radius 1 is 1.14 bits per heavy atom. The third-order valence-electron chi connectivity index (χ3n) is 3.82. The number of carbonyl (C=O) groups excluding carboxylic acids is 2. The van der Waals surface area contributed by atoms with Crippen LogP contribution in [0.1, 0.15) is 13.8 Å². The van der Waals surface area contributed by atoms with Crippen LogP contribution in [-0.2, 0) is 9.59 Å². The van der Waals surface area contributed by atoms with E-state index in [0.29, 0.717) is 19.0 Å². The number of nitrogens with zero attached hydrogens (tertiary/aromatic N) is 2. The minimum Gasteiger partial charge on any atom is -0.359 e. The predicted octanol–water partition coefficient (Wildman–Crippen LogP) is 1.79. The number of hydrogen-bond donors (Lipinski definition) is 3. The van der Waals surface area contributed by atoms with Gasteiger partial charge < -0.3 is 20.9 Å². The molecule has 0 atom stereocenters. The number of nitrogens with one attached hydrogen (secondary N) is 3. The largest absolute Gasteiger partial charge is 0.359 e. The zero-order valence-electron chi connectivity index (χ0n) is 17.2. The molecule has 0 radical (unpaired) electrons. The lowest BCUT2D eigenvalue weighted by atomic mass is 9.92. The Morgan fingerprint density at radius 2 is 1.79 bits per heavy atom. The fourth-order valence-corrected chi connectivity index (χ4v) is 2.83. The monoisotopic (exact) mass is 521 g/mol. The second-order valence-corrected chi connectivity index (χ2v) is 8.03. The summed E-state index contributed by atoms with van der Waals surface area (Å²) in [5, 5.41) is 9.06. The highest BCUT2D eigenvalue weighted by Crippen LogP contribution is 2.16. The van der Waals surface area contributed by atoms with Crippen molar-refractivity contribution in [2.45, 2.75) is 18.7 Å². The van der Waals surface area contributed by atoms with Gasteiger partial charge in [0.1, 0.15) is 6.54 Å². The first-order chi connectivity index (χ1) is 12.8. The van der Waals surface area contributed by atoms with E-state index >= 15 is 0 Å². The molecule has 0 aliphatic rings. The summed E-state index contributed by atoms with van der Waals surface area (Å²) in [7, 11) is 5.01. The molecule has 28 heavy (non-hydrogen) atoms. The van der Waals surface area contributed by atoms with E-state index in [9.17, 15) is 9.59 Å². The number of rotatable bonds is 9. The molecule has 1 aromatic rings. The van der Waals surface area contributed by atoms with Gasteiger partial charge in [0.25, 0.3) is 0 Å². The van der Waals surface area contributed by atoms with Crippen molar-refractivity contribution in [2.24, 2.45) is 10.4 Å². The molecule has 2 amide bonds. The first kappa shape index (κ1) is 26.5. The van der Waals surface area contributed by atoms with Gasteiger partial charge in [-0.25, -0.2) is 4.99 Å². The minimum atomic E-state index is -0.596. The number of hydrogen-bond acceptors (Lipinski definition) is 4. The summed E-state index contributed by atoms with van der Waals surface area (Å²) >= 11 is 1.74. The first-order valence-corrected chi connectivity index (χ1v) is 9.87. The molecule has 0 saturated heterocycles. The van der Waals surface area contributed by atoms with Crippen LogP contribution >= 0.6 is 35.7 Å². The number of guanidine groups is 1. The number of benzene rings is 1. The van der Waals surface area contributed by atoms with Crippen LogP contribution in [0.5, 0.6) is 0 Å². The molecule has 1 rings (SSSR count). The van der Waals surface area contributed by atoms with Crippen molar-refractivity contribution in [2.75, 3.05) is 46.5 Å². The van der Waals surface area contributed by atoms with Crippen LogP contribution in [0, 0.1) is 5.41 Å². The van der Waals surface area contributed by atoms with Crippen molar-refractivity contribution < 1.29 is 9.59 Å². The number of carbonyl (C=O) groups is 2. The maximum absolute atomic E-state index is 11.9. The Labute approximate surface area is 189 Å². The Bertz CT molecular complexity index is 638. The van der Waals surface area contributed by atoms with E-state index in [2.05, 4.69) is 33.1 Å². The molecule has 3 N–H and O–H groups in total. The maximum Gasteiger partial charge on any atom is 0.243 e. The van der Waals surface area contributed by atoms with Gasteiger partial charge >= 0.3 is 0 Å². The second-order valence-electron chi connectivity index (χ2n) is 6.86. The highest BCUT2D eigenvalue weighted by Gasteiger charge is 2.26. The molecule has 7 nitrogen and oxygen atoms in total. The number of halogens is 1. The lowest BCUT2D eigenvalue weighted by Gasteiger charge is -2.24. The number of amides is 2. The lowest BCUT2D eigenvalue weighted by molar-refractivity contribution is -0.128. The average Bonchev–Trinajstić information content (AvgIpc) is 2.66. The van der Waals surface area contributed by atoms with Gasteiger partial charge in [-0.05, 0) is 26.0 Å². The highest BCUT2D eigenvalue weighted by molar-refractivity contribution is 14.0. The molecule has 0 aromatic heterocycles. The van der Waals surface area contributed by atoms with Gasteiger partial charge in [-0.15, -0.1) is 35.7 Å². The summed E-state index contributed by atoms with van der Waals surface area (Å²) in [6.45, 7) is 4.84. The molecule has 9 heteroatoms. The summed E-state index contributed by atoms with van der Waals surface area (Å²) in [6.07, 6.45) is 0. The Hall–Kier alpha value is -1.49. The van der Waals surface area contributed by atoms with Crippen molar-refractivity contribution in [3.8, 4) is 0 Å². The van der Waals surface area contributed by atoms with Crippen molar-refractivity contribution in [3.05, 3.63) is 30.3 Å². The summed E-state index contributed by atoms with van der Waals surface area (Å²) in [5.41, 5.74) is -0.596. The molecule has 158 valence electrons. The van der Waals surface area contributed by atoms with E-state index in [1.54, 1.807) is 32.9 Å². The summed E-state index contributed by atoms with van der Waals surface area (Å²) in [6, 6.07) is 10.2. The highest BCUT2D eigenvalue weighted by atomic mass is 127. The molecule has 0 bridgehead atoms. The normalized spacial score (nSPS) is 11.2. The van der Waals surface area contributed by atoms with Crippen LogP contribution < -0.4 is 16.0 Å². The molecule has 1 aromatic carbocycles. The van der Waals surface area contributed by atoms with Crippen LogP contribution in [-0.4, -0.2) is 69.2 Å². The maximum atomic E-state index is 11.9. The third kappa shape index (κ3) is 10.2. The van der Waals surface area contributed by atoms with Crippen molar-refractivity contribution in [1.29, 1.82) is 0 Å². The Kier molecular flexibility index (Phi) is 12.9. The van der Waals surface area contributed by atoms with Gasteiger partial charge in [-0.2, -0.15) is 0 Å². The smallest absolute Gasteiger partial charge is 0.243 e. The fourth-order valence-electron chi connectivity index (χ4n) is 2.04. The van der Waals surface area contributed by atoms with E-state index in [-0.39, 0.29) is 42.3 Å². The van der Waals surface area contributed by atoms with Gasteiger partial charge in [0.05, 0.1) is 5.41 Å². The van der Waals surface area contributed by atoms with Crippen molar-refractivity contribution >= 4 is 53.5 Å². The SMILES string of the molecule is CNC(=O)C(C)(C)CNC(=NCC(=O)N(C)C)NCCSc1ccccc1.I. The fraction of sp³-hybridized carbons (Fsp3) is 0.526. The lowest BCUT2D eigenvalue weighted by Crippen LogP contribution is -2.47. The standard InChI is InChI=1S/C19H31N5O2S.HI/c1-19(2,17(26)20-3)14-23-18(22-13-16(25)24(4)5)21-11-12-27-15-9-7-6-8-10-15;/h6-10H,11-14H2,1-5H3,(H,20,26)(H2,21,22,23);1H. The molecule has 0 saturated carbocycles. The van der Waals surface area contributed by atoms with E-state index < -0.39 is 5.41 Å². The zero-order valence-corrected chi connectivity index (χ0v) is 20.4. The second kappa shape index (κ2) is 13.6. The number of aliphatic imine (C=N–C) groups is 1. The molecule has 0 aliphatic carbocycles. The van der Waals surface area contributed by atoms with Crippen LogP contribution in [0.3, 0.4) is 0 Å². The topological polar surface area (TPSA) is 85.8 Å². The van der Waals surface area contributed by atoms with E-state index in [1.807, 2.05) is 32.0 Å². The van der Waals surface area contributed by atoms with Crippen LogP contribution in [0.2, 0.25) is 0 Å². The van der Waals surface area contributed by atoms with Gasteiger partial charge in [0.2, 0.25) is 11.8 Å². The Balaban J connectivity index is 0.00000729. The summed E-state index contributed by atoms with van der Waals surface area (Å²) < 4.78 is 0. The quantitative estimate of drug-likeness (QED) is 0.152. The zero-order chi connectivity index (χ0) is 20.3. The molecule has 0 unspecified atom stereocenters. The Morgan fingerprint density at radius 3 is 2.36 bits per heavy atom. The van der Waals surface area contributed by atoms with E-state index in [0.717, 1.165) is 5.75 Å².